The molecule has 0 fully saturated rings. The zero-order valence-corrected chi connectivity index (χ0v) is 13.6. The minimum absolute atomic E-state index is 0.0726. The molecule has 5 nitrogen and oxygen atoms in total. The zero-order valence-electron chi connectivity index (χ0n) is 10.4. The summed E-state index contributed by atoms with van der Waals surface area (Å²) in [7, 11) is -2.00. The minimum Gasteiger partial charge on any atom is -0.373 e. The van der Waals surface area contributed by atoms with Crippen LogP contribution in [0.2, 0.25) is 5.02 Å². The summed E-state index contributed by atoms with van der Waals surface area (Å²) in [5.74, 6) is 0.591. The fraction of sp³-hybridized carbons (Fsp3) is 0.0833. The SMILES string of the molecule is CNc1ccc(S(=O)(=O)Nc2cc(Cl)ccc2Br)cn1. The van der Waals surface area contributed by atoms with E-state index in [0.29, 0.717) is 21.0 Å². The minimum atomic E-state index is -3.71. The van der Waals surface area contributed by atoms with Crippen molar-refractivity contribution in [2.45, 2.75) is 4.90 Å². The molecule has 1 aromatic heterocycles. The average molecular weight is 377 g/mol. The highest BCUT2D eigenvalue weighted by Crippen LogP contribution is 2.28. The molecule has 2 aromatic rings. The molecule has 0 saturated heterocycles. The second-order valence-corrected chi connectivity index (χ2v) is 6.83. The van der Waals surface area contributed by atoms with Crippen molar-refractivity contribution in [2.75, 3.05) is 17.1 Å². The smallest absolute Gasteiger partial charge is 0.263 e. The quantitative estimate of drug-likeness (QED) is 0.858. The predicted octanol–water partition coefficient (Wildman–Crippen LogP) is 3.34. The van der Waals surface area contributed by atoms with Crippen LogP contribution < -0.4 is 10.0 Å². The van der Waals surface area contributed by atoms with Crippen molar-refractivity contribution in [3.05, 3.63) is 46.0 Å². The van der Waals surface area contributed by atoms with Crippen LogP contribution in [0.3, 0.4) is 0 Å². The van der Waals surface area contributed by atoms with Gasteiger partial charge in [0.25, 0.3) is 10.0 Å². The van der Waals surface area contributed by atoms with E-state index in [0.717, 1.165) is 0 Å². The fourth-order valence-corrected chi connectivity index (χ4v) is 3.13. The lowest BCUT2D eigenvalue weighted by atomic mass is 10.3. The van der Waals surface area contributed by atoms with Gasteiger partial charge in [0, 0.05) is 22.7 Å². The summed E-state index contributed by atoms with van der Waals surface area (Å²) >= 11 is 9.12. The number of nitrogens with zero attached hydrogens (tertiary/aromatic N) is 1. The van der Waals surface area contributed by atoms with Crippen molar-refractivity contribution in [3.63, 3.8) is 0 Å². The zero-order chi connectivity index (χ0) is 14.8. The van der Waals surface area contributed by atoms with Gasteiger partial charge < -0.3 is 5.32 Å². The first kappa shape index (κ1) is 15.1. The van der Waals surface area contributed by atoms with E-state index in [1.807, 2.05) is 0 Å². The number of hydrogen-bond donors (Lipinski definition) is 2. The molecule has 20 heavy (non-hydrogen) atoms. The van der Waals surface area contributed by atoms with Crippen molar-refractivity contribution >= 4 is 49.1 Å². The maximum atomic E-state index is 12.2. The van der Waals surface area contributed by atoms with Crippen molar-refractivity contribution in [1.82, 2.24) is 4.98 Å². The molecule has 0 atom stereocenters. The Hall–Kier alpha value is -1.31. The number of pyridine rings is 1. The lowest BCUT2D eigenvalue weighted by Crippen LogP contribution is -2.13. The summed E-state index contributed by atoms with van der Waals surface area (Å²) in [4.78, 5) is 4.05. The van der Waals surface area contributed by atoms with Crippen LogP contribution >= 0.6 is 27.5 Å². The second kappa shape index (κ2) is 5.99. The number of rotatable bonds is 4. The van der Waals surface area contributed by atoms with Gasteiger partial charge in [-0.2, -0.15) is 0 Å². The number of hydrogen-bond acceptors (Lipinski definition) is 4. The van der Waals surface area contributed by atoms with E-state index in [-0.39, 0.29) is 4.90 Å². The van der Waals surface area contributed by atoms with Crippen molar-refractivity contribution in [3.8, 4) is 0 Å². The molecule has 2 N–H and O–H groups in total. The van der Waals surface area contributed by atoms with Gasteiger partial charge in [0.2, 0.25) is 0 Å². The van der Waals surface area contributed by atoms with Crippen LogP contribution in [-0.2, 0) is 10.0 Å². The molecular weight excluding hydrogens is 366 g/mol. The highest BCUT2D eigenvalue weighted by Gasteiger charge is 2.16. The van der Waals surface area contributed by atoms with Crippen LogP contribution in [0.25, 0.3) is 0 Å². The van der Waals surface area contributed by atoms with Crippen LogP contribution in [0, 0.1) is 0 Å². The van der Waals surface area contributed by atoms with Gasteiger partial charge in [-0.05, 0) is 46.3 Å². The standard InChI is InChI=1S/C12H11BrClN3O2S/c1-15-12-5-3-9(7-16-12)20(18,19)17-11-6-8(14)2-4-10(11)13/h2-7,17H,1H3,(H,15,16). The summed E-state index contributed by atoms with van der Waals surface area (Å²) in [6.07, 6.45) is 1.28. The predicted molar refractivity (Wildman–Crippen MR) is 83.7 cm³/mol. The molecule has 0 aliphatic carbocycles. The third kappa shape index (κ3) is 3.41. The Kier molecular flexibility index (Phi) is 4.52. The topological polar surface area (TPSA) is 71.1 Å². The van der Waals surface area contributed by atoms with Crippen LogP contribution in [-0.4, -0.2) is 20.4 Å². The molecule has 1 heterocycles. The largest absolute Gasteiger partial charge is 0.373 e. The van der Waals surface area contributed by atoms with Gasteiger partial charge >= 0.3 is 0 Å². The molecule has 2 rings (SSSR count). The maximum Gasteiger partial charge on any atom is 0.263 e. The normalized spacial score (nSPS) is 11.2. The Morgan fingerprint density at radius 1 is 1.25 bits per heavy atom. The van der Waals surface area contributed by atoms with Crippen LogP contribution in [0.4, 0.5) is 11.5 Å². The van der Waals surface area contributed by atoms with Crippen LogP contribution in [0.5, 0.6) is 0 Å². The molecule has 0 radical (unpaired) electrons. The Morgan fingerprint density at radius 2 is 2.00 bits per heavy atom. The third-order valence-electron chi connectivity index (χ3n) is 2.48. The Morgan fingerprint density at radius 3 is 2.60 bits per heavy atom. The Balaban J connectivity index is 2.32. The number of nitrogens with one attached hydrogen (secondary N) is 2. The van der Waals surface area contributed by atoms with Gasteiger partial charge in [-0.1, -0.05) is 11.6 Å². The first-order valence-corrected chi connectivity index (χ1v) is 8.19. The molecule has 0 saturated carbocycles. The summed E-state index contributed by atoms with van der Waals surface area (Å²) < 4.78 is 27.5. The summed E-state index contributed by atoms with van der Waals surface area (Å²) in [5.41, 5.74) is 0.371. The van der Waals surface area contributed by atoms with E-state index in [1.165, 1.54) is 18.3 Å². The van der Waals surface area contributed by atoms with Gasteiger partial charge in [-0.3, -0.25) is 4.72 Å². The van der Waals surface area contributed by atoms with Crippen molar-refractivity contribution < 1.29 is 8.42 Å². The van der Waals surface area contributed by atoms with E-state index in [9.17, 15) is 8.42 Å². The average Bonchev–Trinajstić information content (AvgIpc) is 2.43. The number of anilines is 2. The molecule has 0 unspecified atom stereocenters. The fourth-order valence-electron chi connectivity index (χ4n) is 1.47. The molecule has 0 amide bonds. The lowest BCUT2D eigenvalue weighted by molar-refractivity contribution is 0.601. The van der Waals surface area contributed by atoms with Crippen molar-refractivity contribution in [2.24, 2.45) is 0 Å². The first-order chi connectivity index (χ1) is 9.42. The van der Waals surface area contributed by atoms with Crippen molar-refractivity contribution in [1.29, 1.82) is 0 Å². The highest BCUT2D eigenvalue weighted by atomic mass is 79.9. The van der Waals surface area contributed by atoms with Crippen LogP contribution in [0.1, 0.15) is 0 Å². The molecule has 0 spiro atoms. The molecule has 0 bridgehead atoms. The van der Waals surface area contributed by atoms with Gasteiger partial charge in [0.15, 0.2) is 0 Å². The lowest BCUT2D eigenvalue weighted by Gasteiger charge is -2.10. The van der Waals surface area contributed by atoms with Gasteiger partial charge in [0.1, 0.15) is 10.7 Å². The molecule has 8 heteroatoms. The monoisotopic (exact) mass is 375 g/mol. The molecule has 1 aromatic carbocycles. The second-order valence-electron chi connectivity index (χ2n) is 3.86. The van der Waals surface area contributed by atoms with E-state index < -0.39 is 10.0 Å². The van der Waals surface area contributed by atoms with E-state index in [2.05, 4.69) is 31.0 Å². The maximum absolute atomic E-state index is 12.2. The molecule has 106 valence electrons. The summed E-state index contributed by atoms with van der Waals surface area (Å²) in [6, 6.07) is 7.91. The Labute approximate surface area is 130 Å². The van der Waals surface area contributed by atoms with E-state index >= 15 is 0 Å². The number of halogens is 2. The van der Waals surface area contributed by atoms with Gasteiger partial charge in [-0.25, -0.2) is 13.4 Å². The number of aromatic nitrogens is 1. The third-order valence-corrected chi connectivity index (χ3v) is 4.75. The highest BCUT2D eigenvalue weighted by molar-refractivity contribution is 9.10. The molecule has 0 aliphatic rings. The summed E-state index contributed by atoms with van der Waals surface area (Å²) in [5, 5.41) is 3.26. The number of benzene rings is 1. The van der Waals surface area contributed by atoms with E-state index in [4.69, 9.17) is 11.6 Å². The van der Waals surface area contributed by atoms with E-state index in [1.54, 1.807) is 25.2 Å². The molecule has 0 aliphatic heterocycles. The van der Waals surface area contributed by atoms with Gasteiger partial charge in [-0.15, -0.1) is 0 Å². The first-order valence-electron chi connectivity index (χ1n) is 5.54. The number of sulfonamides is 1. The summed E-state index contributed by atoms with van der Waals surface area (Å²) in [6.45, 7) is 0. The Bertz CT molecular complexity index is 720. The van der Waals surface area contributed by atoms with Crippen LogP contribution in [0.15, 0.2) is 45.9 Å². The molecular formula is C12H11BrClN3O2S. The van der Waals surface area contributed by atoms with Gasteiger partial charge in [0.05, 0.1) is 5.69 Å².